The molecule has 1 aliphatic carbocycles. The average Bonchev–Trinajstić information content (AvgIpc) is 2.77. The van der Waals surface area contributed by atoms with E-state index in [0.29, 0.717) is 12.0 Å². The molecule has 0 spiro atoms. The van der Waals surface area contributed by atoms with Crippen molar-refractivity contribution < 1.29 is 4.79 Å². The Morgan fingerprint density at radius 3 is 3.05 bits per heavy atom. The molecule has 2 heterocycles. The van der Waals surface area contributed by atoms with E-state index in [-0.39, 0.29) is 11.8 Å². The first-order chi connectivity index (χ1) is 10.1. The van der Waals surface area contributed by atoms with Crippen LogP contribution in [0.2, 0.25) is 0 Å². The largest absolute Gasteiger partial charge is 0.369 e. The minimum absolute atomic E-state index is 0.0459. The number of likely N-dealkylation sites (N-methyl/N-ethyl adjacent to an activating group) is 1. The van der Waals surface area contributed by atoms with Crippen LogP contribution < -0.4 is 5.73 Å². The van der Waals surface area contributed by atoms with Crippen molar-refractivity contribution in [2.75, 3.05) is 13.6 Å². The van der Waals surface area contributed by atoms with E-state index in [1.807, 2.05) is 0 Å². The van der Waals surface area contributed by atoms with E-state index in [1.165, 1.54) is 22.0 Å². The minimum atomic E-state index is -0.173. The molecule has 4 rings (SSSR count). The number of primary amides is 1. The number of hydrogen-bond acceptors (Lipinski definition) is 2. The Balaban J connectivity index is 1.88. The van der Waals surface area contributed by atoms with Crippen molar-refractivity contribution in [2.24, 2.45) is 11.7 Å². The fourth-order valence-electron chi connectivity index (χ4n) is 4.19. The number of hydrogen-bond donors (Lipinski definition) is 2. The van der Waals surface area contributed by atoms with Gasteiger partial charge in [0.05, 0.1) is 10.5 Å². The van der Waals surface area contributed by atoms with E-state index < -0.39 is 0 Å². The van der Waals surface area contributed by atoms with Gasteiger partial charge in [-0.25, -0.2) is 0 Å². The number of halogens is 1. The van der Waals surface area contributed by atoms with Crippen LogP contribution in [0.4, 0.5) is 0 Å². The van der Waals surface area contributed by atoms with Crippen LogP contribution in [0.1, 0.15) is 23.5 Å². The second-order valence-corrected chi connectivity index (χ2v) is 7.13. The highest BCUT2D eigenvalue weighted by Crippen LogP contribution is 2.46. The Morgan fingerprint density at radius 2 is 2.29 bits per heavy atom. The van der Waals surface area contributed by atoms with Gasteiger partial charge >= 0.3 is 0 Å². The lowest BCUT2D eigenvalue weighted by molar-refractivity contribution is -0.124. The van der Waals surface area contributed by atoms with Gasteiger partial charge in [0.25, 0.3) is 0 Å². The summed E-state index contributed by atoms with van der Waals surface area (Å²) in [5.41, 5.74) is 9.47. The van der Waals surface area contributed by atoms with Gasteiger partial charge in [-0.1, -0.05) is 12.1 Å². The number of amides is 1. The molecule has 0 saturated carbocycles. The van der Waals surface area contributed by atoms with Crippen LogP contribution in [0.25, 0.3) is 10.9 Å². The van der Waals surface area contributed by atoms with Crippen molar-refractivity contribution >= 4 is 32.7 Å². The molecule has 2 aromatic rings. The highest BCUT2D eigenvalue weighted by atomic mass is 79.9. The first-order valence-corrected chi connectivity index (χ1v) is 8.14. The number of rotatable bonds is 1. The van der Waals surface area contributed by atoms with Crippen molar-refractivity contribution in [3.63, 3.8) is 0 Å². The number of aromatic nitrogens is 1. The molecular formula is C16H18BrN3O. The fraction of sp³-hybridized carbons (Fsp3) is 0.438. The molecule has 3 atom stereocenters. The third-order valence-corrected chi connectivity index (χ3v) is 5.88. The lowest BCUT2D eigenvalue weighted by atomic mass is 9.72. The van der Waals surface area contributed by atoms with Crippen LogP contribution in [0.3, 0.4) is 0 Å². The summed E-state index contributed by atoms with van der Waals surface area (Å²) in [6, 6.07) is 6.87. The Kier molecular flexibility index (Phi) is 2.91. The molecule has 1 unspecified atom stereocenters. The normalized spacial score (nSPS) is 28.6. The number of H-pyrrole nitrogens is 1. The van der Waals surface area contributed by atoms with Gasteiger partial charge in [0.1, 0.15) is 0 Å². The molecule has 1 aromatic heterocycles. The maximum Gasteiger partial charge on any atom is 0.221 e. The summed E-state index contributed by atoms with van der Waals surface area (Å²) in [5, 5.41) is 1.34. The van der Waals surface area contributed by atoms with Gasteiger partial charge in [0.2, 0.25) is 5.91 Å². The summed E-state index contributed by atoms with van der Waals surface area (Å²) in [4.78, 5) is 17.4. The zero-order valence-corrected chi connectivity index (χ0v) is 13.5. The number of nitrogens with one attached hydrogen (secondary N) is 1. The van der Waals surface area contributed by atoms with Gasteiger partial charge in [0, 0.05) is 29.4 Å². The summed E-state index contributed by atoms with van der Waals surface area (Å²) in [6.45, 7) is 0.768. The highest BCUT2D eigenvalue weighted by molar-refractivity contribution is 9.10. The molecule has 0 radical (unpaired) electrons. The van der Waals surface area contributed by atoms with Crippen LogP contribution in [0, 0.1) is 5.92 Å². The van der Waals surface area contributed by atoms with Crippen molar-refractivity contribution in [1.29, 1.82) is 0 Å². The van der Waals surface area contributed by atoms with Crippen LogP contribution in [-0.4, -0.2) is 35.4 Å². The standard InChI is InChI=1S/C16H18BrN3O/c1-20-7-8(16(18)21)5-10-9-3-2-4-12-14(9)11(6-13(10)20)15(17)19-12/h2-4,8,10,13,19H,5-7H2,1H3,(H2,18,21)/t8?,10-,13-/m1/s1. The third kappa shape index (κ3) is 1.87. The number of nitrogens with zero attached hydrogens (tertiary/aromatic N) is 1. The van der Waals surface area contributed by atoms with E-state index in [9.17, 15) is 4.79 Å². The number of aromatic amines is 1. The average molecular weight is 348 g/mol. The first kappa shape index (κ1) is 13.3. The Hall–Kier alpha value is -1.33. The third-order valence-electron chi connectivity index (χ3n) is 5.20. The van der Waals surface area contributed by atoms with E-state index >= 15 is 0 Å². The summed E-state index contributed by atoms with van der Waals surface area (Å²) in [6.07, 6.45) is 1.88. The van der Waals surface area contributed by atoms with Crippen LogP contribution in [-0.2, 0) is 11.2 Å². The molecule has 1 aromatic carbocycles. The van der Waals surface area contributed by atoms with E-state index in [1.54, 1.807) is 0 Å². The SMILES string of the molecule is CN1CC(C(N)=O)C[C@@H]2c3cccc4[nH]c(Br)c(c34)C[C@H]21. The summed E-state index contributed by atoms with van der Waals surface area (Å²) in [7, 11) is 2.11. The lowest BCUT2D eigenvalue weighted by Gasteiger charge is -2.44. The number of nitrogens with two attached hydrogens (primary N) is 1. The molecule has 21 heavy (non-hydrogen) atoms. The van der Waals surface area contributed by atoms with Gasteiger partial charge < -0.3 is 15.6 Å². The zero-order chi connectivity index (χ0) is 14.7. The van der Waals surface area contributed by atoms with Gasteiger partial charge in [-0.3, -0.25) is 4.79 Å². The fourth-order valence-corrected chi connectivity index (χ4v) is 4.76. The quantitative estimate of drug-likeness (QED) is 0.831. The van der Waals surface area contributed by atoms with Crippen molar-refractivity contribution in [3.8, 4) is 0 Å². The Labute approximate surface area is 131 Å². The van der Waals surface area contributed by atoms with Crippen LogP contribution in [0.15, 0.2) is 22.8 Å². The molecule has 1 fully saturated rings. The maximum absolute atomic E-state index is 11.6. The molecule has 110 valence electrons. The summed E-state index contributed by atoms with van der Waals surface area (Å²) < 4.78 is 1.09. The molecule has 2 aliphatic rings. The second-order valence-electron chi connectivity index (χ2n) is 6.34. The topological polar surface area (TPSA) is 62.1 Å². The second kappa shape index (κ2) is 4.58. The molecule has 4 nitrogen and oxygen atoms in total. The van der Waals surface area contributed by atoms with Gasteiger partial charge in [0.15, 0.2) is 0 Å². The number of fused-ring (bicyclic) bond motifs is 2. The molecule has 0 bridgehead atoms. The van der Waals surface area contributed by atoms with Gasteiger partial charge in [-0.15, -0.1) is 0 Å². The molecule has 5 heteroatoms. The number of piperidine rings is 1. The Bertz CT molecular complexity index is 738. The van der Waals surface area contributed by atoms with Crippen molar-refractivity contribution in [1.82, 2.24) is 9.88 Å². The summed E-state index contributed by atoms with van der Waals surface area (Å²) in [5.74, 6) is 0.170. The lowest BCUT2D eigenvalue weighted by Crippen LogP contribution is -2.50. The first-order valence-electron chi connectivity index (χ1n) is 7.34. The van der Waals surface area contributed by atoms with Crippen molar-refractivity contribution in [2.45, 2.75) is 24.8 Å². The van der Waals surface area contributed by atoms with Crippen LogP contribution in [0.5, 0.6) is 0 Å². The van der Waals surface area contributed by atoms with E-state index in [4.69, 9.17) is 5.73 Å². The number of benzene rings is 1. The predicted octanol–water partition coefficient (Wildman–Crippen LogP) is 2.38. The van der Waals surface area contributed by atoms with Crippen LogP contribution >= 0.6 is 15.9 Å². The van der Waals surface area contributed by atoms with E-state index in [2.05, 4.69) is 51.1 Å². The monoisotopic (exact) mass is 347 g/mol. The number of carbonyl (C=O) groups is 1. The number of carbonyl (C=O) groups excluding carboxylic acids is 1. The molecule has 1 aliphatic heterocycles. The molecular weight excluding hydrogens is 330 g/mol. The molecule has 3 N–H and O–H groups in total. The summed E-state index contributed by atoms with van der Waals surface area (Å²) >= 11 is 3.66. The van der Waals surface area contributed by atoms with E-state index in [0.717, 1.165) is 24.0 Å². The van der Waals surface area contributed by atoms with Gasteiger partial charge in [-0.05, 0) is 53.0 Å². The predicted molar refractivity (Wildman–Crippen MR) is 86.2 cm³/mol. The highest BCUT2D eigenvalue weighted by Gasteiger charge is 2.41. The van der Waals surface area contributed by atoms with Gasteiger partial charge in [-0.2, -0.15) is 0 Å². The molecule has 1 saturated heterocycles. The maximum atomic E-state index is 11.6. The smallest absolute Gasteiger partial charge is 0.221 e. The number of likely N-dealkylation sites (tertiary alicyclic amines) is 1. The zero-order valence-electron chi connectivity index (χ0n) is 11.9. The van der Waals surface area contributed by atoms with Crippen molar-refractivity contribution in [3.05, 3.63) is 33.9 Å². The molecule has 1 amide bonds. The Morgan fingerprint density at radius 1 is 1.48 bits per heavy atom. The minimum Gasteiger partial charge on any atom is -0.369 e.